The lowest BCUT2D eigenvalue weighted by molar-refractivity contribution is 0.0519. The number of carbonyl (C=O) groups is 2. The number of nitrogens with zero attached hydrogens (tertiary/aromatic N) is 3. The van der Waals surface area contributed by atoms with Gasteiger partial charge in [-0.25, -0.2) is 17.5 Å². The highest BCUT2D eigenvalue weighted by Crippen LogP contribution is 2.31. The number of ether oxygens (including phenoxy) is 2. The first kappa shape index (κ1) is 27.0. The van der Waals surface area contributed by atoms with Crippen LogP contribution in [-0.4, -0.2) is 62.2 Å². The molecule has 2 aromatic heterocycles. The van der Waals surface area contributed by atoms with Gasteiger partial charge in [0, 0.05) is 30.4 Å². The quantitative estimate of drug-likeness (QED) is 0.327. The van der Waals surface area contributed by atoms with Crippen LogP contribution in [0.3, 0.4) is 0 Å². The molecule has 1 N–H and O–H groups in total. The molecule has 1 amide bonds. The zero-order valence-electron chi connectivity index (χ0n) is 20.9. The number of benzene rings is 2. The van der Waals surface area contributed by atoms with Gasteiger partial charge in [0.25, 0.3) is 11.5 Å². The monoisotopic (exact) mass is 556 g/mol. The first-order chi connectivity index (χ1) is 18.1. The predicted molar refractivity (Wildman–Crippen MR) is 143 cm³/mol. The van der Waals surface area contributed by atoms with E-state index in [0.29, 0.717) is 11.4 Å². The molecule has 0 bridgehead atoms. The number of aromatic nitrogens is 2. The van der Waals surface area contributed by atoms with Crippen molar-refractivity contribution in [2.24, 2.45) is 0 Å². The second-order valence-corrected chi connectivity index (χ2v) is 11.1. The Hall–Kier alpha value is -4.07. The molecule has 4 rings (SSSR count). The molecule has 0 saturated carbocycles. The molecular weight excluding hydrogens is 532 g/mol. The van der Waals surface area contributed by atoms with Gasteiger partial charge in [-0.15, -0.1) is 11.3 Å². The van der Waals surface area contributed by atoms with E-state index in [0.717, 1.165) is 20.3 Å². The van der Waals surface area contributed by atoms with Crippen molar-refractivity contribution >= 4 is 49.0 Å². The predicted octanol–water partition coefficient (Wildman–Crippen LogP) is 3.14. The Bertz CT molecular complexity index is 1670. The van der Waals surface area contributed by atoms with E-state index in [1.54, 1.807) is 36.6 Å². The van der Waals surface area contributed by atoms with E-state index >= 15 is 0 Å². The van der Waals surface area contributed by atoms with Crippen molar-refractivity contribution in [2.75, 3.05) is 33.1 Å². The number of hydrogen-bond acceptors (Lipinski definition) is 9. The first-order valence-corrected chi connectivity index (χ1v) is 13.6. The van der Waals surface area contributed by atoms with Crippen molar-refractivity contribution in [3.8, 4) is 11.4 Å². The van der Waals surface area contributed by atoms with E-state index in [1.807, 2.05) is 0 Å². The largest absolute Gasteiger partial charge is 0.497 e. The van der Waals surface area contributed by atoms with Gasteiger partial charge in [0.05, 0.1) is 29.7 Å². The lowest BCUT2D eigenvalue weighted by atomic mass is 10.2. The number of sulfonamides is 1. The second kappa shape index (κ2) is 10.7. The molecule has 0 aliphatic carbocycles. The molecule has 198 valence electrons. The van der Waals surface area contributed by atoms with E-state index in [-0.39, 0.29) is 38.5 Å². The van der Waals surface area contributed by atoms with Crippen molar-refractivity contribution in [1.82, 2.24) is 14.1 Å². The lowest BCUT2D eigenvalue weighted by Crippen LogP contribution is -2.25. The Labute approximate surface area is 222 Å². The van der Waals surface area contributed by atoms with Crippen LogP contribution < -0.4 is 15.6 Å². The van der Waals surface area contributed by atoms with E-state index in [2.05, 4.69) is 10.4 Å². The van der Waals surface area contributed by atoms with E-state index in [9.17, 15) is 22.8 Å². The highest BCUT2D eigenvalue weighted by atomic mass is 32.2. The van der Waals surface area contributed by atoms with E-state index in [4.69, 9.17) is 9.47 Å². The number of thiophene rings is 1. The van der Waals surface area contributed by atoms with Crippen LogP contribution in [0.25, 0.3) is 16.5 Å². The average Bonchev–Trinajstić information content (AvgIpc) is 3.33. The summed E-state index contributed by atoms with van der Waals surface area (Å²) in [7, 11) is 0.683. The Kier molecular flexibility index (Phi) is 7.62. The molecule has 0 atom stereocenters. The van der Waals surface area contributed by atoms with Crippen LogP contribution in [0, 0.1) is 0 Å². The standard InChI is InChI=1S/C25H24N4O7S2/c1-5-36-25(32)21-19-14-37-23(20(19)24(31)29(27-21)16-8-10-17(35-4)11-9-16)26-22(30)15-6-12-18(13-7-15)38(33,34)28(2)3/h6-14H,5H2,1-4H3,(H,26,30). The fourth-order valence-corrected chi connectivity index (χ4v) is 5.39. The van der Waals surface area contributed by atoms with Crippen molar-refractivity contribution in [3.63, 3.8) is 0 Å². The van der Waals surface area contributed by atoms with Crippen molar-refractivity contribution in [2.45, 2.75) is 11.8 Å². The van der Waals surface area contributed by atoms with Gasteiger partial charge >= 0.3 is 5.97 Å². The number of carbonyl (C=O) groups excluding carboxylic acids is 2. The molecule has 38 heavy (non-hydrogen) atoms. The number of fused-ring (bicyclic) bond motifs is 1. The van der Waals surface area contributed by atoms with Gasteiger partial charge < -0.3 is 14.8 Å². The molecule has 2 aromatic carbocycles. The summed E-state index contributed by atoms with van der Waals surface area (Å²) < 4.78 is 37.1. The summed E-state index contributed by atoms with van der Waals surface area (Å²) in [6.45, 7) is 1.76. The molecule has 0 fully saturated rings. The minimum Gasteiger partial charge on any atom is -0.497 e. The minimum atomic E-state index is -3.66. The molecular formula is C25H24N4O7S2. The van der Waals surface area contributed by atoms with Crippen LogP contribution in [0.5, 0.6) is 5.75 Å². The highest BCUT2D eigenvalue weighted by Gasteiger charge is 2.24. The molecule has 4 aromatic rings. The summed E-state index contributed by atoms with van der Waals surface area (Å²) >= 11 is 1.06. The summed E-state index contributed by atoms with van der Waals surface area (Å²) in [5, 5.41) is 9.05. The Morgan fingerprint density at radius 3 is 2.32 bits per heavy atom. The SMILES string of the molecule is CCOC(=O)c1nn(-c2ccc(OC)cc2)c(=O)c2c(NC(=O)c3ccc(S(=O)(=O)N(C)C)cc3)scc12. The van der Waals surface area contributed by atoms with Crippen LogP contribution in [0.4, 0.5) is 5.00 Å². The molecule has 0 unspecified atom stereocenters. The fourth-order valence-electron chi connectivity index (χ4n) is 3.55. The summed E-state index contributed by atoms with van der Waals surface area (Å²) in [5.74, 6) is -0.707. The number of amides is 1. The normalized spacial score (nSPS) is 11.5. The highest BCUT2D eigenvalue weighted by molar-refractivity contribution is 7.89. The summed E-state index contributed by atoms with van der Waals surface area (Å²) in [4.78, 5) is 39.3. The van der Waals surface area contributed by atoms with Crippen LogP contribution in [0.2, 0.25) is 0 Å². The van der Waals surface area contributed by atoms with Crippen LogP contribution in [-0.2, 0) is 14.8 Å². The number of rotatable bonds is 8. The molecule has 0 spiro atoms. The van der Waals surface area contributed by atoms with Crippen molar-refractivity contribution in [3.05, 3.63) is 75.5 Å². The Morgan fingerprint density at radius 2 is 1.74 bits per heavy atom. The van der Waals surface area contributed by atoms with Gasteiger partial charge in [-0.1, -0.05) is 0 Å². The third kappa shape index (κ3) is 5.03. The van der Waals surface area contributed by atoms with Gasteiger partial charge in [0.2, 0.25) is 10.0 Å². The zero-order chi connectivity index (χ0) is 27.6. The number of esters is 1. The number of nitrogens with one attached hydrogen (secondary N) is 1. The topological polar surface area (TPSA) is 137 Å². The van der Waals surface area contributed by atoms with Gasteiger partial charge in [-0.2, -0.15) is 9.78 Å². The number of methoxy groups -OCH3 is 1. The molecule has 13 heteroatoms. The van der Waals surface area contributed by atoms with Crippen LogP contribution in [0.15, 0.2) is 63.6 Å². The van der Waals surface area contributed by atoms with E-state index < -0.39 is 27.5 Å². The lowest BCUT2D eigenvalue weighted by Gasteiger charge is -2.12. The Morgan fingerprint density at radius 1 is 1.08 bits per heavy atom. The molecule has 0 saturated heterocycles. The third-order valence-corrected chi connectivity index (χ3v) is 8.29. The van der Waals surface area contributed by atoms with E-state index in [1.165, 1.54) is 45.5 Å². The van der Waals surface area contributed by atoms with Gasteiger partial charge in [-0.3, -0.25) is 9.59 Å². The maximum atomic E-state index is 13.5. The van der Waals surface area contributed by atoms with Crippen LogP contribution >= 0.6 is 11.3 Å². The second-order valence-electron chi connectivity index (χ2n) is 8.10. The smallest absolute Gasteiger partial charge is 0.359 e. The molecule has 0 radical (unpaired) electrons. The average molecular weight is 557 g/mol. The van der Waals surface area contributed by atoms with Crippen molar-refractivity contribution < 1.29 is 27.5 Å². The van der Waals surface area contributed by atoms with Gasteiger partial charge in [0.1, 0.15) is 10.8 Å². The van der Waals surface area contributed by atoms with Gasteiger partial charge in [-0.05, 0) is 55.5 Å². The third-order valence-electron chi connectivity index (χ3n) is 5.56. The molecule has 0 aliphatic heterocycles. The summed E-state index contributed by atoms with van der Waals surface area (Å²) in [5.41, 5.74) is -0.0710. The number of anilines is 1. The molecule has 2 heterocycles. The van der Waals surface area contributed by atoms with Crippen LogP contribution in [0.1, 0.15) is 27.8 Å². The summed E-state index contributed by atoms with van der Waals surface area (Å²) in [6.07, 6.45) is 0. The fraction of sp³-hybridized carbons (Fsp3) is 0.200. The van der Waals surface area contributed by atoms with Gasteiger partial charge in [0.15, 0.2) is 5.69 Å². The maximum Gasteiger partial charge on any atom is 0.359 e. The zero-order valence-corrected chi connectivity index (χ0v) is 22.6. The number of hydrogen-bond donors (Lipinski definition) is 1. The molecule has 0 aliphatic rings. The minimum absolute atomic E-state index is 0.0353. The summed E-state index contributed by atoms with van der Waals surface area (Å²) in [6, 6.07) is 11.9. The van der Waals surface area contributed by atoms with Crippen molar-refractivity contribution in [1.29, 1.82) is 0 Å². The first-order valence-electron chi connectivity index (χ1n) is 11.3. The Balaban J connectivity index is 1.78. The molecule has 11 nitrogen and oxygen atoms in total. The maximum absolute atomic E-state index is 13.5.